The maximum Gasteiger partial charge on any atom is 0.145 e. The van der Waals surface area contributed by atoms with Crippen molar-refractivity contribution in [1.82, 2.24) is 4.57 Å². The van der Waals surface area contributed by atoms with Crippen LogP contribution in [0.2, 0.25) is 0 Å². The quantitative estimate of drug-likeness (QED) is 0.191. The number of allylic oxidation sites excluding steroid dienone is 7. The predicted molar refractivity (Wildman–Crippen MR) is 209 cm³/mol. The van der Waals surface area contributed by atoms with E-state index in [2.05, 4.69) is 175 Å². The number of hydrogen-bond donors (Lipinski definition) is 0. The summed E-state index contributed by atoms with van der Waals surface area (Å²) in [5, 5.41) is 7.26. The fourth-order valence-electron chi connectivity index (χ4n) is 8.93. The number of furan rings is 1. The number of benzene rings is 6. The molecule has 3 heteroatoms. The van der Waals surface area contributed by atoms with Crippen molar-refractivity contribution in [1.29, 1.82) is 0 Å². The molecular formula is C47H34N2O. The molecule has 0 spiro atoms. The highest BCUT2D eigenvalue weighted by Crippen LogP contribution is 2.52. The summed E-state index contributed by atoms with van der Waals surface area (Å²) in [6.07, 6.45) is 14.7. The number of hydrogen-bond acceptors (Lipinski definition) is 2. The fraction of sp³-hybridized carbons (Fsp3) is 0.106. The molecule has 0 fully saturated rings. The molecule has 2 aromatic heterocycles. The highest BCUT2D eigenvalue weighted by Gasteiger charge is 2.37. The van der Waals surface area contributed by atoms with Crippen LogP contribution >= 0.6 is 0 Å². The standard InChI is InChI=1S/C47H34N2O/c1-47(2)39-27-35(48(33-21-19-29-11-3-5-13-31(29)25-33)34-22-20-30-12-4-6-14-32(30)26-34)23-24-42(39)49-41-17-9-7-16-37(41)44-45(49)40(47)28-38-36-15-8-10-18-43(36)50-46(38)44/h3-19,21-28,30H,20H2,1-2H3. The normalized spacial score (nSPS) is 17.4. The van der Waals surface area contributed by atoms with Gasteiger partial charge >= 0.3 is 0 Å². The van der Waals surface area contributed by atoms with Gasteiger partial charge in [-0.15, -0.1) is 0 Å². The molecule has 1 aliphatic heterocycles. The topological polar surface area (TPSA) is 21.3 Å². The summed E-state index contributed by atoms with van der Waals surface area (Å²) in [4.78, 5) is 2.46. The minimum absolute atomic E-state index is 0.281. The van der Waals surface area contributed by atoms with E-state index in [1.165, 1.54) is 66.0 Å². The van der Waals surface area contributed by atoms with Gasteiger partial charge in [0.15, 0.2) is 0 Å². The first-order valence-electron chi connectivity index (χ1n) is 17.6. The van der Waals surface area contributed by atoms with Crippen LogP contribution in [0.15, 0.2) is 167 Å². The summed E-state index contributed by atoms with van der Waals surface area (Å²) in [5.41, 5.74) is 12.8. The molecule has 0 radical (unpaired) electrons. The van der Waals surface area contributed by atoms with E-state index in [4.69, 9.17) is 4.42 Å². The number of rotatable bonds is 3. The lowest BCUT2D eigenvalue weighted by atomic mass is 9.74. The number of para-hydroxylation sites is 2. The lowest BCUT2D eigenvalue weighted by Crippen LogP contribution is -2.27. The second-order valence-electron chi connectivity index (χ2n) is 14.5. The summed E-state index contributed by atoms with van der Waals surface area (Å²) in [6.45, 7) is 4.79. The molecule has 0 bridgehead atoms. The van der Waals surface area contributed by atoms with Crippen LogP contribution in [0.5, 0.6) is 0 Å². The zero-order valence-corrected chi connectivity index (χ0v) is 28.0. The van der Waals surface area contributed by atoms with Crippen molar-refractivity contribution >= 4 is 65.9 Å². The summed E-state index contributed by atoms with van der Waals surface area (Å²) in [5.74, 6) is 0.432. The van der Waals surface area contributed by atoms with E-state index in [-0.39, 0.29) is 5.41 Å². The Hall–Kier alpha value is -6.06. The number of nitrogens with zero attached hydrogens (tertiary/aromatic N) is 2. The molecule has 2 aliphatic carbocycles. The highest BCUT2D eigenvalue weighted by molar-refractivity contribution is 6.25. The van der Waals surface area contributed by atoms with Crippen molar-refractivity contribution in [2.75, 3.05) is 4.90 Å². The largest absolute Gasteiger partial charge is 0.455 e. The summed E-state index contributed by atoms with van der Waals surface area (Å²) >= 11 is 0. The fourth-order valence-corrected chi connectivity index (χ4v) is 8.93. The molecular weight excluding hydrogens is 609 g/mol. The Kier molecular flexibility index (Phi) is 5.57. The van der Waals surface area contributed by atoms with Crippen molar-refractivity contribution in [2.45, 2.75) is 25.7 Å². The van der Waals surface area contributed by atoms with Gasteiger partial charge in [-0.25, -0.2) is 0 Å². The Balaban J connectivity index is 1.18. The molecule has 8 aromatic rings. The summed E-state index contributed by atoms with van der Waals surface area (Å²) in [6, 6.07) is 42.3. The molecule has 0 saturated heterocycles. The van der Waals surface area contributed by atoms with Gasteiger partial charge in [-0.2, -0.15) is 0 Å². The molecule has 1 atom stereocenters. The SMILES string of the molecule is CC1(C)c2cc(N(C3=CCC4C=CC=CC4=C3)c3ccc4ccccc4c3)ccc2-n2c3ccccc3c3c4oc5ccccc5c4cc1c32. The summed E-state index contributed by atoms with van der Waals surface area (Å²) in [7, 11) is 0. The highest BCUT2D eigenvalue weighted by atomic mass is 16.3. The number of fused-ring (bicyclic) bond motifs is 11. The van der Waals surface area contributed by atoms with Crippen molar-refractivity contribution < 1.29 is 4.42 Å². The lowest BCUT2D eigenvalue weighted by Gasteiger charge is -2.37. The third kappa shape index (κ3) is 3.75. The maximum absolute atomic E-state index is 6.66. The third-order valence-electron chi connectivity index (χ3n) is 11.4. The third-order valence-corrected chi connectivity index (χ3v) is 11.4. The molecule has 50 heavy (non-hydrogen) atoms. The van der Waals surface area contributed by atoms with Gasteiger partial charge in [0.2, 0.25) is 0 Å². The maximum atomic E-state index is 6.66. The molecule has 1 unspecified atom stereocenters. The molecule has 11 rings (SSSR count). The molecule has 3 heterocycles. The van der Waals surface area contributed by atoms with E-state index < -0.39 is 0 Å². The first-order valence-corrected chi connectivity index (χ1v) is 17.6. The van der Waals surface area contributed by atoms with Crippen LogP contribution in [0.1, 0.15) is 31.4 Å². The average Bonchev–Trinajstić information content (AvgIpc) is 3.70. The van der Waals surface area contributed by atoms with Crippen molar-refractivity contribution in [3.8, 4) is 5.69 Å². The molecule has 0 N–H and O–H groups in total. The first kappa shape index (κ1) is 27.8. The Morgan fingerprint density at radius 1 is 0.720 bits per heavy atom. The van der Waals surface area contributed by atoms with Gasteiger partial charge in [0.1, 0.15) is 11.2 Å². The van der Waals surface area contributed by atoms with E-state index in [1.807, 2.05) is 0 Å². The van der Waals surface area contributed by atoms with E-state index in [1.54, 1.807) is 0 Å². The van der Waals surface area contributed by atoms with E-state index >= 15 is 0 Å². The van der Waals surface area contributed by atoms with Gasteiger partial charge in [-0.3, -0.25) is 0 Å². The summed E-state index contributed by atoms with van der Waals surface area (Å²) < 4.78 is 9.15. The number of aromatic nitrogens is 1. The van der Waals surface area contributed by atoms with Gasteiger partial charge in [-0.05, 0) is 88.5 Å². The van der Waals surface area contributed by atoms with Crippen LogP contribution in [0.4, 0.5) is 11.4 Å². The van der Waals surface area contributed by atoms with Crippen LogP contribution in [-0.2, 0) is 5.41 Å². The Labute approximate surface area is 290 Å². The Morgan fingerprint density at radius 3 is 2.42 bits per heavy atom. The minimum atomic E-state index is -0.281. The van der Waals surface area contributed by atoms with E-state index in [9.17, 15) is 0 Å². The zero-order valence-electron chi connectivity index (χ0n) is 28.0. The van der Waals surface area contributed by atoms with Crippen LogP contribution in [0.3, 0.4) is 0 Å². The van der Waals surface area contributed by atoms with Gasteiger partial charge in [0, 0.05) is 44.6 Å². The smallest absolute Gasteiger partial charge is 0.145 e. The first-order chi connectivity index (χ1) is 24.5. The van der Waals surface area contributed by atoms with E-state index in [0.717, 1.165) is 34.3 Å². The lowest BCUT2D eigenvalue weighted by molar-refractivity contribution is 0.630. The van der Waals surface area contributed by atoms with Crippen LogP contribution in [-0.4, -0.2) is 4.57 Å². The predicted octanol–water partition coefficient (Wildman–Crippen LogP) is 12.6. The molecule has 0 amide bonds. The Morgan fingerprint density at radius 2 is 1.50 bits per heavy atom. The molecule has 238 valence electrons. The molecule has 0 saturated carbocycles. The van der Waals surface area contributed by atoms with Crippen molar-refractivity contribution in [3.63, 3.8) is 0 Å². The molecule has 3 nitrogen and oxygen atoms in total. The van der Waals surface area contributed by atoms with Gasteiger partial charge < -0.3 is 13.9 Å². The second-order valence-corrected chi connectivity index (χ2v) is 14.5. The number of anilines is 2. The van der Waals surface area contributed by atoms with Crippen LogP contribution < -0.4 is 4.90 Å². The monoisotopic (exact) mass is 642 g/mol. The van der Waals surface area contributed by atoms with Gasteiger partial charge in [0.25, 0.3) is 0 Å². The second kappa shape index (κ2) is 9.99. The molecule has 6 aromatic carbocycles. The molecule has 3 aliphatic rings. The van der Waals surface area contributed by atoms with Gasteiger partial charge in [0.05, 0.1) is 22.1 Å². The Bertz CT molecular complexity index is 2890. The zero-order chi connectivity index (χ0) is 33.1. The van der Waals surface area contributed by atoms with Crippen molar-refractivity contribution in [2.24, 2.45) is 5.92 Å². The van der Waals surface area contributed by atoms with Crippen LogP contribution in [0.25, 0.3) is 60.2 Å². The minimum Gasteiger partial charge on any atom is -0.455 e. The van der Waals surface area contributed by atoms with E-state index in [0.29, 0.717) is 5.92 Å². The van der Waals surface area contributed by atoms with Crippen molar-refractivity contribution in [3.05, 3.63) is 174 Å². The average molecular weight is 643 g/mol. The van der Waals surface area contributed by atoms with Gasteiger partial charge in [-0.1, -0.05) is 111 Å². The van der Waals surface area contributed by atoms with Crippen LogP contribution in [0, 0.1) is 5.92 Å².